The largest absolute Gasteiger partial charge is 0.317 e. The minimum absolute atomic E-state index is 0. The molecule has 0 radical (unpaired) electrons. The number of unbranched alkanes of at least 4 members (excludes halogenated alkanes) is 15. The Balaban J connectivity index is 0. The maximum absolute atomic E-state index is 10.6. The highest BCUT2D eigenvalue weighted by Gasteiger charge is 2.02. The summed E-state index contributed by atoms with van der Waals surface area (Å²) in [6, 6.07) is 0. The van der Waals surface area contributed by atoms with Crippen molar-refractivity contribution in [2.24, 2.45) is 0 Å². The average Bonchev–Trinajstić information content (AvgIpc) is 2.59. The molecule has 0 atom stereocenters. The molecule has 0 saturated carbocycles. The summed E-state index contributed by atoms with van der Waals surface area (Å²) in [6.07, 6.45) is 22.5. The van der Waals surface area contributed by atoms with Gasteiger partial charge in [0.05, 0.1) is 5.75 Å². The van der Waals surface area contributed by atoms with Gasteiger partial charge in [0.1, 0.15) is 0 Å². The van der Waals surface area contributed by atoms with Crippen molar-refractivity contribution in [1.82, 2.24) is 5.32 Å². The smallest absolute Gasteiger partial charge is 0.264 e. The Morgan fingerprint density at radius 1 is 0.593 bits per heavy atom. The Bertz CT molecular complexity index is 378. The molecule has 166 valence electrons. The lowest BCUT2D eigenvalue weighted by molar-refractivity contribution is 0.479. The molecule has 0 unspecified atom stereocenters. The predicted molar refractivity (Wildman–Crippen MR) is 121 cm³/mol. The van der Waals surface area contributed by atoms with Crippen molar-refractivity contribution < 1.29 is 13.0 Å². The van der Waals surface area contributed by atoms with E-state index in [-0.39, 0.29) is 18.2 Å². The first-order valence-corrected chi connectivity index (χ1v) is 12.8. The first-order chi connectivity index (χ1) is 12.6. The van der Waals surface area contributed by atoms with Gasteiger partial charge in [-0.15, -0.1) is 12.4 Å². The van der Waals surface area contributed by atoms with Crippen molar-refractivity contribution in [3.8, 4) is 0 Å². The molecule has 0 bridgehead atoms. The quantitative estimate of drug-likeness (QED) is 0.161. The van der Waals surface area contributed by atoms with E-state index in [2.05, 4.69) is 12.2 Å². The Morgan fingerprint density at radius 3 is 1.30 bits per heavy atom. The highest BCUT2D eigenvalue weighted by atomic mass is 35.5. The fraction of sp³-hybridized carbons (Fsp3) is 1.00. The van der Waals surface area contributed by atoms with Gasteiger partial charge in [0.15, 0.2) is 0 Å². The second-order valence-electron chi connectivity index (χ2n) is 7.69. The highest BCUT2D eigenvalue weighted by Crippen LogP contribution is 2.13. The average molecular weight is 428 g/mol. The molecule has 0 aromatic rings. The molecular formula is C21H46ClNO3S. The van der Waals surface area contributed by atoms with E-state index in [0.29, 0.717) is 13.0 Å². The van der Waals surface area contributed by atoms with Crippen LogP contribution >= 0.6 is 12.4 Å². The van der Waals surface area contributed by atoms with E-state index in [4.69, 9.17) is 4.55 Å². The van der Waals surface area contributed by atoms with Crippen LogP contribution in [-0.2, 0) is 10.1 Å². The van der Waals surface area contributed by atoms with E-state index in [0.717, 1.165) is 13.0 Å². The van der Waals surface area contributed by atoms with Crippen LogP contribution < -0.4 is 5.32 Å². The molecular weight excluding hydrogens is 382 g/mol. The topological polar surface area (TPSA) is 66.4 Å². The fourth-order valence-corrected chi connectivity index (χ4v) is 3.81. The number of hydrogen-bond donors (Lipinski definition) is 2. The highest BCUT2D eigenvalue weighted by molar-refractivity contribution is 7.85. The maximum atomic E-state index is 10.6. The van der Waals surface area contributed by atoms with Gasteiger partial charge in [-0.3, -0.25) is 4.55 Å². The molecule has 6 heteroatoms. The summed E-state index contributed by atoms with van der Waals surface area (Å²) in [7, 11) is -3.79. The molecule has 0 fully saturated rings. The lowest BCUT2D eigenvalue weighted by atomic mass is 10.0. The summed E-state index contributed by atoms with van der Waals surface area (Å²) >= 11 is 0. The molecule has 0 aliphatic heterocycles. The molecule has 0 aliphatic rings. The summed E-state index contributed by atoms with van der Waals surface area (Å²) in [5.74, 6) is -0.140. The third-order valence-electron chi connectivity index (χ3n) is 4.96. The monoisotopic (exact) mass is 427 g/mol. The Kier molecular flexibility index (Phi) is 24.4. The van der Waals surface area contributed by atoms with Gasteiger partial charge in [-0.05, 0) is 25.9 Å². The Labute approximate surface area is 175 Å². The van der Waals surface area contributed by atoms with Crippen LogP contribution in [0.3, 0.4) is 0 Å². The van der Waals surface area contributed by atoms with Crippen LogP contribution in [0, 0.1) is 0 Å². The first kappa shape index (κ1) is 29.4. The third kappa shape index (κ3) is 28.5. The van der Waals surface area contributed by atoms with Crippen LogP contribution in [0.2, 0.25) is 0 Å². The Hall–Kier alpha value is 0.160. The molecule has 0 aliphatic carbocycles. The predicted octanol–water partition coefficient (Wildman–Crippen LogP) is 6.54. The second-order valence-corrected chi connectivity index (χ2v) is 9.26. The van der Waals surface area contributed by atoms with Crippen LogP contribution in [-0.4, -0.2) is 31.8 Å². The summed E-state index contributed by atoms with van der Waals surface area (Å²) in [4.78, 5) is 0. The number of halogens is 1. The van der Waals surface area contributed by atoms with Gasteiger partial charge in [0.25, 0.3) is 10.1 Å². The van der Waals surface area contributed by atoms with Crippen LogP contribution in [0.1, 0.15) is 116 Å². The second kappa shape index (κ2) is 22.4. The van der Waals surface area contributed by atoms with Gasteiger partial charge < -0.3 is 5.32 Å². The van der Waals surface area contributed by atoms with Gasteiger partial charge in [-0.1, -0.05) is 103 Å². The van der Waals surface area contributed by atoms with Crippen LogP contribution in [0.25, 0.3) is 0 Å². The van der Waals surface area contributed by atoms with Crippen LogP contribution in [0.15, 0.2) is 0 Å². The lowest BCUT2D eigenvalue weighted by Gasteiger charge is -2.05. The molecule has 0 aromatic heterocycles. The summed E-state index contributed by atoms with van der Waals surface area (Å²) in [5.41, 5.74) is 0. The molecule has 0 amide bonds. The maximum Gasteiger partial charge on any atom is 0.264 e. The van der Waals surface area contributed by atoms with Crippen molar-refractivity contribution in [1.29, 1.82) is 0 Å². The molecule has 27 heavy (non-hydrogen) atoms. The van der Waals surface area contributed by atoms with Gasteiger partial charge in [0.2, 0.25) is 0 Å². The zero-order valence-electron chi connectivity index (χ0n) is 17.7. The molecule has 0 aromatic carbocycles. The van der Waals surface area contributed by atoms with Crippen molar-refractivity contribution in [3.05, 3.63) is 0 Å². The third-order valence-corrected chi connectivity index (χ3v) is 5.77. The number of rotatable bonds is 21. The number of hydrogen-bond acceptors (Lipinski definition) is 3. The SMILES string of the molecule is CCCCCCCCCCCCCCCCCCNCCCS(=O)(=O)O.Cl. The molecule has 0 heterocycles. The van der Waals surface area contributed by atoms with Crippen molar-refractivity contribution in [2.45, 2.75) is 116 Å². The summed E-state index contributed by atoms with van der Waals surface area (Å²) in [5, 5.41) is 3.23. The zero-order valence-corrected chi connectivity index (χ0v) is 19.4. The normalized spacial score (nSPS) is 11.5. The van der Waals surface area contributed by atoms with Gasteiger partial charge >= 0.3 is 0 Å². The number of nitrogens with one attached hydrogen (secondary N) is 1. The standard InChI is InChI=1S/C21H45NO3S.ClH/c1-2-3-4-5-6-7-8-9-10-11-12-13-14-15-16-17-19-22-20-18-21-26(23,24)25;/h22H,2-21H2,1H3,(H,23,24,25);1H. The zero-order chi connectivity index (χ0) is 19.3. The van der Waals surface area contributed by atoms with Crippen LogP contribution in [0.5, 0.6) is 0 Å². The van der Waals surface area contributed by atoms with E-state index in [1.807, 2.05) is 0 Å². The van der Waals surface area contributed by atoms with Gasteiger partial charge in [-0.2, -0.15) is 8.42 Å². The van der Waals surface area contributed by atoms with E-state index in [1.165, 1.54) is 96.3 Å². The molecule has 0 rings (SSSR count). The summed E-state index contributed by atoms with van der Waals surface area (Å²) < 4.78 is 29.7. The molecule has 4 nitrogen and oxygen atoms in total. The van der Waals surface area contributed by atoms with Crippen molar-refractivity contribution >= 4 is 22.5 Å². The molecule has 0 saturated heterocycles. The first-order valence-electron chi connectivity index (χ1n) is 11.2. The van der Waals surface area contributed by atoms with Crippen LogP contribution in [0.4, 0.5) is 0 Å². The van der Waals surface area contributed by atoms with Crippen molar-refractivity contribution in [3.63, 3.8) is 0 Å². The molecule has 0 spiro atoms. The van der Waals surface area contributed by atoms with E-state index < -0.39 is 10.1 Å². The summed E-state index contributed by atoms with van der Waals surface area (Å²) in [6.45, 7) is 3.89. The minimum atomic E-state index is -3.79. The lowest BCUT2D eigenvalue weighted by Crippen LogP contribution is -2.19. The minimum Gasteiger partial charge on any atom is -0.317 e. The van der Waals surface area contributed by atoms with Gasteiger partial charge in [0, 0.05) is 0 Å². The van der Waals surface area contributed by atoms with Gasteiger partial charge in [-0.25, -0.2) is 0 Å². The van der Waals surface area contributed by atoms with Crippen molar-refractivity contribution in [2.75, 3.05) is 18.8 Å². The Morgan fingerprint density at radius 2 is 0.926 bits per heavy atom. The van der Waals surface area contributed by atoms with E-state index >= 15 is 0 Å². The van der Waals surface area contributed by atoms with E-state index in [1.54, 1.807) is 0 Å². The molecule has 2 N–H and O–H groups in total. The fourth-order valence-electron chi connectivity index (χ4n) is 3.30. The van der Waals surface area contributed by atoms with E-state index in [9.17, 15) is 8.42 Å².